The minimum Gasteiger partial charge on any atom is -0.366 e. The molecule has 0 saturated heterocycles. The molecule has 0 amide bonds. The van der Waals surface area contributed by atoms with Gasteiger partial charge in [-0.1, -0.05) is 140 Å². The monoisotopic (exact) mass is 774 g/mol. The van der Waals surface area contributed by atoms with Crippen molar-refractivity contribution in [3.8, 4) is 22.3 Å². The standard InChI is InChI=1S/C56H42N2S/c1-56(2,3)57-32-31-39-18-12-22-44(55(39)57)46-33-47-41-19-7-8-24-50(41)59-51(47)34-49(46)58(40-28-25-36(26-29-40)35-13-5-4-6-14-35)48-30-27-38-17-10-21-43-42-20-9-15-37-16-11-23-45(52(37)42)54(48)53(38)43/h4-30,33-34H,31-32H2,1-3H3. The number of para-hydroxylation sites is 1. The van der Waals surface area contributed by atoms with Crippen LogP contribution in [0.1, 0.15) is 26.3 Å². The zero-order chi connectivity index (χ0) is 39.4. The summed E-state index contributed by atoms with van der Waals surface area (Å²) in [5.74, 6) is 0. The number of hydrogen-bond acceptors (Lipinski definition) is 3. The maximum Gasteiger partial charge on any atom is 0.0555 e. The summed E-state index contributed by atoms with van der Waals surface area (Å²) in [6.45, 7) is 8.07. The first-order chi connectivity index (χ1) is 28.9. The SMILES string of the molecule is CC(C)(C)N1CCc2cccc(-c3cc4c(cc3N(c3ccc(-c5ccccc5)cc3)c3ccc5cccc6c7cccc8cccc(c3c56)c87)sc3ccccc34)c21. The van der Waals surface area contributed by atoms with Crippen LogP contribution >= 0.6 is 11.3 Å². The van der Waals surface area contributed by atoms with Gasteiger partial charge in [0.05, 0.1) is 11.4 Å². The van der Waals surface area contributed by atoms with Gasteiger partial charge in [-0.2, -0.15) is 0 Å². The summed E-state index contributed by atoms with van der Waals surface area (Å²) >= 11 is 1.89. The van der Waals surface area contributed by atoms with E-state index in [2.05, 4.69) is 206 Å². The molecular formula is C56H42N2S. The van der Waals surface area contributed by atoms with Crippen molar-refractivity contribution in [2.75, 3.05) is 16.3 Å². The van der Waals surface area contributed by atoms with E-state index in [9.17, 15) is 0 Å². The molecule has 0 fully saturated rings. The summed E-state index contributed by atoms with van der Waals surface area (Å²) in [7, 11) is 0. The van der Waals surface area contributed by atoms with Gasteiger partial charge in [-0.25, -0.2) is 0 Å². The average molecular weight is 775 g/mol. The fourth-order valence-electron chi connectivity index (χ4n) is 10.2. The average Bonchev–Trinajstić information content (AvgIpc) is 3.88. The van der Waals surface area contributed by atoms with Crippen molar-refractivity contribution in [2.24, 2.45) is 0 Å². The van der Waals surface area contributed by atoms with E-state index in [1.54, 1.807) is 0 Å². The molecule has 0 aliphatic carbocycles. The molecular weight excluding hydrogens is 733 g/mol. The van der Waals surface area contributed by atoms with Crippen LogP contribution in [0.15, 0.2) is 176 Å². The van der Waals surface area contributed by atoms with E-state index in [0.29, 0.717) is 0 Å². The van der Waals surface area contributed by atoms with E-state index in [4.69, 9.17) is 0 Å². The molecule has 282 valence electrons. The predicted octanol–water partition coefficient (Wildman–Crippen LogP) is 16.1. The van der Waals surface area contributed by atoms with Gasteiger partial charge in [-0.05, 0) is 118 Å². The molecule has 0 spiro atoms. The molecule has 2 nitrogen and oxygen atoms in total. The summed E-state index contributed by atoms with van der Waals surface area (Å²) < 4.78 is 2.60. The van der Waals surface area contributed by atoms with Crippen LogP contribution in [0.25, 0.3) is 85.5 Å². The molecule has 11 aromatic rings. The van der Waals surface area contributed by atoms with E-state index in [-0.39, 0.29) is 5.54 Å². The van der Waals surface area contributed by atoms with Crippen molar-refractivity contribution in [2.45, 2.75) is 32.7 Å². The van der Waals surface area contributed by atoms with Crippen LogP contribution in [0.2, 0.25) is 0 Å². The normalized spacial score (nSPS) is 13.2. The first kappa shape index (κ1) is 34.4. The number of anilines is 4. The smallest absolute Gasteiger partial charge is 0.0555 e. The van der Waals surface area contributed by atoms with Gasteiger partial charge in [0.15, 0.2) is 0 Å². The van der Waals surface area contributed by atoms with Gasteiger partial charge >= 0.3 is 0 Å². The molecule has 0 saturated carbocycles. The third-order valence-corrected chi connectivity index (χ3v) is 13.9. The fraction of sp³-hybridized carbons (Fsp3) is 0.107. The Balaban J connectivity index is 1.23. The molecule has 1 aromatic heterocycles. The van der Waals surface area contributed by atoms with E-state index in [0.717, 1.165) is 18.7 Å². The Bertz CT molecular complexity index is 3420. The van der Waals surface area contributed by atoms with Crippen molar-refractivity contribution >= 4 is 97.3 Å². The van der Waals surface area contributed by atoms with E-state index in [1.807, 2.05) is 11.3 Å². The lowest BCUT2D eigenvalue weighted by atomic mass is 9.88. The van der Waals surface area contributed by atoms with Gasteiger partial charge < -0.3 is 9.80 Å². The molecule has 59 heavy (non-hydrogen) atoms. The van der Waals surface area contributed by atoms with Gasteiger partial charge in [-0.3, -0.25) is 0 Å². The van der Waals surface area contributed by atoms with Crippen LogP contribution in [0.4, 0.5) is 22.7 Å². The molecule has 3 heteroatoms. The lowest BCUT2D eigenvalue weighted by Crippen LogP contribution is -2.40. The van der Waals surface area contributed by atoms with Crippen LogP contribution in [-0.4, -0.2) is 12.1 Å². The van der Waals surface area contributed by atoms with Gasteiger partial charge in [0.25, 0.3) is 0 Å². The molecule has 10 aromatic carbocycles. The van der Waals surface area contributed by atoms with Crippen molar-refractivity contribution in [1.82, 2.24) is 0 Å². The van der Waals surface area contributed by atoms with Gasteiger partial charge in [-0.15, -0.1) is 11.3 Å². The van der Waals surface area contributed by atoms with Gasteiger partial charge in [0, 0.05) is 60.1 Å². The quantitative estimate of drug-likeness (QED) is 0.127. The highest BCUT2D eigenvalue weighted by molar-refractivity contribution is 7.25. The number of benzene rings is 10. The second-order valence-corrected chi connectivity index (χ2v) is 18.3. The Kier molecular flexibility index (Phi) is 7.52. The fourth-order valence-corrected chi connectivity index (χ4v) is 11.3. The third kappa shape index (κ3) is 5.24. The highest BCUT2D eigenvalue weighted by Gasteiger charge is 2.33. The van der Waals surface area contributed by atoms with Crippen molar-refractivity contribution in [3.63, 3.8) is 0 Å². The zero-order valence-electron chi connectivity index (χ0n) is 33.5. The van der Waals surface area contributed by atoms with Crippen LogP contribution in [0.3, 0.4) is 0 Å². The second-order valence-electron chi connectivity index (χ2n) is 17.2. The number of nitrogens with zero attached hydrogens (tertiary/aromatic N) is 2. The minimum atomic E-state index is -0.0291. The third-order valence-electron chi connectivity index (χ3n) is 12.8. The highest BCUT2D eigenvalue weighted by Crippen LogP contribution is 2.53. The molecule has 0 N–H and O–H groups in total. The van der Waals surface area contributed by atoms with Gasteiger partial charge in [0.2, 0.25) is 0 Å². The Labute approximate surface area is 348 Å². The molecule has 0 unspecified atom stereocenters. The molecule has 1 aliphatic rings. The van der Waals surface area contributed by atoms with Crippen LogP contribution < -0.4 is 9.80 Å². The Morgan fingerprint density at radius 2 is 1.14 bits per heavy atom. The van der Waals surface area contributed by atoms with Crippen LogP contribution in [0, 0.1) is 0 Å². The van der Waals surface area contributed by atoms with Crippen LogP contribution in [-0.2, 0) is 6.42 Å². The van der Waals surface area contributed by atoms with Gasteiger partial charge in [0.1, 0.15) is 0 Å². The molecule has 1 aliphatic heterocycles. The number of hydrogen-bond donors (Lipinski definition) is 0. The Hall–Kier alpha value is -6.68. The largest absolute Gasteiger partial charge is 0.366 e. The summed E-state index contributed by atoms with van der Waals surface area (Å²) in [5.41, 5.74) is 11.2. The Morgan fingerprint density at radius 3 is 1.92 bits per heavy atom. The number of rotatable bonds is 5. The first-order valence-corrected chi connectivity index (χ1v) is 21.6. The number of thiophene rings is 1. The molecule has 0 bridgehead atoms. The summed E-state index contributed by atoms with van der Waals surface area (Å²) in [6, 6.07) is 66.1. The highest BCUT2D eigenvalue weighted by atomic mass is 32.1. The van der Waals surface area contributed by atoms with Crippen molar-refractivity contribution < 1.29 is 0 Å². The lowest BCUT2D eigenvalue weighted by molar-refractivity contribution is 0.518. The van der Waals surface area contributed by atoms with Crippen molar-refractivity contribution in [1.29, 1.82) is 0 Å². The molecule has 2 heterocycles. The lowest BCUT2D eigenvalue weighted by Gasteiger charge is -2.36. The second kappa shape index (κ2) is 12.9. The van der Waals surface area contributed by atoms with E-state index < -0.39 is 0 Å². The molecule has 12 rings (SSSR count). The summed E-state index contributed by atoms with van der Waals surface area (Å²) in [6.07, 6.45) is 1.05. The van der Waals surface area contributed by atoms with Crippen molar-refractivity contribution in [3.05, 3.63) is 181 Å². The Morgan fingerprint density at radius 1 is 0.475 bits per heavy atom. The zero-order valence-corrected chi connectivity index (χ0v) is 34.3. The minimum absolute atomic E-state index is 0.0291. The predicted molar refractivity (Wildman–Crippen MR) is 257 cm³/mol. The van der Waals surface area contributed by atoms with E-state index >= 15 is 0 Å². The maximum atomic E-state index is 2.64. The summed E-state index contributed by atoms with van der Waals surface area (Å²) in [5, 5.41) is 13.0. The number of fused-ring (bicyclic) bond motifs is 6. The molecule has 0 atom stereocenters. The first-order valence-electron chi connectivity index (χ1n) is 20.8. The topological polar surface area (TPSA) is 6.48 Å². The summed E-state index contributed by atoms with van der Waals surface area (Å²) in [4.78, 5) is 5.22. The van der Waals surface area contributed by atoms with E-state index in [1.165, 1.54) is 108 Å². The maximum absolute atomic E-state index is 2.64. The molecule has 0 radical (unpaired) electrons. The van der Waals surface area contributed by atoms with Crippen LogP contribution in [0.5, 0.6) is 0 Å².